The summed E-state index contributed by atoms with van der Waals surface area (Å²) < 4.78 is 29.0. The molecule has 1 aliphatic rings. The number of carbonyl (C=O) groups is 2. The van der Waals surface area contributed by atoms with Crippen molar-refractivity contribution >= 4 is 22.7 Å². The molecule has 0 spiro atoms. The summed E-state index contributed by atoms with van der Waals surface area (Å²) in [6.45, 7) is 3.67. The van der Waals surface area contributed by atoms with E-state index in [0.717, 1.165) is 0 Å². The van der Waals surface area contributed by atoms with E-state index < -0.39 is 5.97 Å². The highest BCUT2D eigenvalue weighted by atomic mass is 16.5. The summed E-state index contributed by atoms with van der Waals surface area (Å²) in [4.78, 5) is 25.1. The largest absolute Gasteiger partial charge is 0.501 e. The number of carbonyl (C=O) groups excluding carboxylic acids is 1. The van der Waals surface area contributed by atoms with E-state index in [1.54, 1.807) is 30.4 Å². The molecule has 0 aliphatic heterocycles. The van der Waals surface area contributed by atoms with Gasteiger partial charge in [-0.15, -0.1) is 0 Å². The first-order chi connectivity index (χ1) is 17.9. The number of ether oxygens (including phenoxy) is 4. The molecule has 1 N–H and O–H groups in total. The monoisotopic (exact) mass is 510 g/mol. The van der Waals surface area contributed by atoms with Gasteiger partial charge in [-0.05, 0) is 24.3 Å². The summed E-state index contributed by atoms with van der Waals surface area (Å²) in [5, 5.41) is 13.7. The number of Topliss-reactive ketones (excluding diaryl/α,β-unsaturated/α-hetero) is 1. The molecule has 0 saturated heterocycles. The van der Waals surface area contributed by atoms with E-state index in [4.69, 9.17) is 28.5 Å². The highest BCUT2D eigenvalue weighted by molar-refractivity contribution is 6.20. The number of nitrogens with zero attached hydrogens (tertiary/aromatic N) is 2. The SMILES string of the molecule is CC.COC1=CC(C(=O)c2c(-c3cnn(CC(=O)O)c3)oc3cc(OC)ccc23)=CC(OC)=C(OC)C1. The van der Waals surface area contributed by atoms with Crippen LogP contribution < -0.4 is 4.74 Å². The second-order valence-electron chi connectivity index (χ2n) is 7.60. The molecule has 37 heavy (non-hydrogen) atoms. The number of methoxy groups -OCH3 is 4. The lowest BCUT2D eigenvalue weighted by molar-refractivity contribution is -0.137. The Kier molecular flexibility index (Phi) is 8.78. The minimum absolute atomic E-state index is 0.252. The van der Waals surface area contributed by atoms with E-state index in [1.165, 1.54) is 45.5 Å². The van der Waals surface area contributed by atoms with Crippen molar-refractivity contribution in [2.24, 2.45) is 0 Å². The quantitative estimate of drug-likeness (QED) is 0.398. The maximum atomic E-state index is 14.0. The molecular formula is C27H30N2O8. The number of fused-ring (bicyclic) bond motifs is 1. The van der Waals surface area contributed by atoms with Crippen molar-refractivity contribution in [1.29, 1.82) is 0 Å². The van der Waals surface area contributed by atoms with Gasteiger partial charge in [-0.3, -0.25) is 14.3 Å². The van der Waals surface area contributed by atoms with Crippen molar-refractivity contribution < 1.29 is 38.1 Å². The number of rotatable bonds is 9. The molecule has 0 atom stereocenters. The van der Waals surface area contributed by atoms with E-state index in [2.05, 4.69) is 5.10 Å². The second kappa shape index (κ2) is 12.0. The fraction of sp³-hybridized carbons (Fsp3) is 0.296. The van der Waals surface area contributed by atoms with Gasteiger partial charge in [0.1, 0.15) is 35.2 Å². The fourth-order valence-corrected chi connectivity index (χ4v) is 3.82. The van der Waals surface area contributed by atoms with Crippen molar-refractivity contribution in [3.05, 3.63) is 71.2 Å². The standard InChI is InChI=1S/C25H24N2O8.C2H6/c1-31-16-5-6-18-19(9-16)35-25(15-11-26-27(12-15)13-22(28)29)23(18)24(30)14-7-17(32-2)10-21(34-4)20(8-14)33-3;1-2/h5-9,11-12H,10,13H2,1-4H3,(H,28,29);1-2H3. The second-order valence-corrected chi connectivity index (χ2v) is 7.60. The fourth-order valence-electron chi connectivity index (χ4n) is 3.82. The number of benzene rings is 1. The van der Waals surface area contributed by atoms with Crippen molar-refractivity contribution in [2.75, 3.05) is 28.4 Å². The molecule has 0 amide bonds. The van der Waals surface area contributed by atoms with Crippen LogP contribution in [0.3, 0.4) is 0 Å². The van der Waals surface area contributed by atoms with E-state index in [9.17, 15) is 9.59 Å². The Morgan fingerprint density at radius 1 is 1.05 bits per heavy atom. The van der Waals surface area contributed by atoms with Gasteiger partial charge in [0.25, 0.3) is 0 Å². The number of carboxylic acids is 1. The Bertz CT molecular complexity index is 1390. The van der Waals surface area contributed by atoms with Gasteiger partial charge in [0.05, 0.1) is 52.2 Å². The summed E-state index contributed by atoms with van der Waals surface area (Å²) in [5.41, 5.74) is 1.46. The molecule has 2 heterocycles. The van der Waals surface area contributed by atoms with Crippen LogP contribution in [0.1, 0.15) is 30.6 Å². The summed E-state index contributed by atoms with van der Waals surface area (Å²) in [7, 11) is 6.06. The Labute approximate surface area is 214 Å². The van der Waals surface area contributed by atoms with Gasteiger partial charge in [0.2, 0.25) is 0 Å². The first-order valence-electron chi connectivity index (χ1n) is 11.6. The lowest BCUT2D eigenvalue weighted by atomic mass is 9.97. The molecule has 196 valence electrons. The van der Waals surface area contributed by atoms with E-state index >= 15 is 0 Å². The normalized spacial score (nSPS) is 13.1. The zero-order valence-electron chi connectivity index (χ0n) is 21.7. The molecule has 0 radical (unpaired) electrons. The van der Waals surface area contributed by atoms with Crippen LogP contribution in [0.4, 0.5) is 0 Å². The lowest BCUT2D eigenvalue weighted by Crippen LogP contribution is -2.08. The van der Waals surface area contributed by atoms with Gasteiger partial charge in [0.15, 0.2) is 11.5 Å². The molecule has 4 rings (SSSR count). The topological polar surface area (TPSA) is 122 Å². The predicted octanol–water partition coefficient (Wildman–Crippen LogP) is 4.96. The average Bonchev–Trinajstić information content (AvgIpc) is 3.47. The molecule has 1 aromatic carbocycles. The van der Waals surface area contributed by atoms with Crippen molar-refractivity contribution in [3.8, 4) is 17.1 Å². The zero-order valence-corrected chi connectivity index (χ0v) is 21.7. The van der Waals surface area contributed by atoms with E-state index in [0.29, 0.717) is 51.6 Å². The summed E-state index contributed by atoms with van der Waals surface area (Å²) in [5.74, 6) is 0.837. The molecule has 10 heteroatoms. The molecule has 3 aromatic rings. The molecule has 0 fully saturated rings. The zero-order chi connectivity index (χ0) is 27.1. The minimum Gasteiger partial charge on any atom is -0.501 e. The number of allylic oxidation sites excluding steroid dienone is 3. The first-order valence-corrected chi connectivity index (χ1v) is 11.6. The lowest BCUT2D eigenvalue weighted by Gasteiger charge is -2.10. The molecule has 2 aromatic heterocycles. The Morgan fingerprint density at radius 3 is 2.43 bits per heavy atom. The molecular weight excluding hydrogens is 480 g/mol. The molecule has 1 aliphatic carbocycles. The van der Waals surface area contributed by atoms with Crippen LogP contribution >= 0.6 is 0 Å². The highest BCUT2D eigenvalue weighted by Gasteiger charge is 2.27. The van der Waals surface area contributed by atoms with Crippen molar-refractivity contribution in [3.63, 3.8) is 0 Å². The smallest absolute Gasteiger partial charge is 0.325 e. The van der Waals surface area contributed by atoms with E-state index in [-0.39, 0.29) is 23.7 Å². The first kappa shape index (κ1) is 27.1. The van der Waals surface area contributed by atoms with Gasteiger partial charge in [-0.1, -0.05) is 13.8 Å². The van der Waals surface area contributed by atoms with Crippen LogP contribution in [-0.2, 0) is 25.5 Å². The minimum atomic E-state index is -1.04. The average molecular weight is 511 g/mol. The third kappa shape index (κ3) is 5.69. The molecule has 10 nitrogen and oxygen atoms in total. The Balaban J connectivity index is 0.00000186. The summed E-state index contributed by atoms with van der Waals surface area (Å²) in [6, 6.07) is 5.15. The van der Waals surface area contributed by atoms with Crippen LogP contribution in [0.15, 0.2) is 70.0 Å². The summed E-state index contributed by atoms with van der Waals surface area (Å²) >= 11 is 0. The molecule has 0 unspecified atom stereocenters. The Hall–Kier alpha value is -4.47. The number of ketones is 1. The maximum absolute atomic E-state index is 14.0. The number of hydrogen-bond acceptors (Lipinski definition) is 8. The highest BCUT2D eigenvalue weighted by Crippen LogP contribution is 2.38. The maximum Gasteiger partial charge on any atom is 0.325 e. The van der Waals surface area contributed by atoms with Gasteiger partial charge in [-0.25, -0.2) is 0 Å². The number of aliphatic carboxylic acids is 1. The Morgan fingerprint density at radius 2 is 1.81 bits per heavy atom. The molecule has 0 bridgehead atoms. The number of aromatic nitrogens is 2. The number of furan rings is 1. The van der Waals surface area contributed by atoms with Crippen LogP contribution in [0.25, 0.3) is 22.3 Å². The predicted molar refractivity (Wildman–Crippen MR) is 136 cm³/mol. The van der Waals surface area contributed by atoms with Crippen molar-refractivity contribution in [1.82, 2.24) is 9.78 Å². The van der Waals surface area contributed by atoms with Gasteiger partial charge >= 0.3 is 5.97 Å². The number of hydrogen-bond donors (Lipinski definition) is 1. The number of carboxylic acid groups (broad SMARTS) is 1. The third-order valence-electron chi connectivity index (χ3n) is 5.52. The van der Waals surface area contributed by atoms with Gasteiger partial charge in [-0.2, -0.15) is 5.10 Å². The van der Waals surface area contributed by atoms with Crippen LogP contribution in [-0.4, -0.2) is 55.1 Å². The van der Waals surface area contributed by atoms with E-state index in [1.807, 2.05) is 13.8 Å². The van der Waals surface area contributed by atoms with Crippen LogP contribution in [0, 0.1) is 0 Å². The van der Waals surface area contributed by atoms with Gasteiger partial charge in [0, 0.05) is 23.2 Å². The third-order valence-corrected chi connectivity index (χ3v) is 5.52. The van der Waals surface area contributed by atoms with Crippen molar-refractivity contribution in [2.45, 2.75) is 26.8 Å². The van der Waals surface area contributed by atoms with Crippen LogP contribution in [0.2, 0.25) is 0 Å². The van der Waals surface area contributed by atoms with Crippen LogP contribution in [0.5, 0.6) is 5.75 Å². The summed E-state index contributed by atoms with van der Waals surface area (Å²) in [6.07, 6.45) is 6.50. The van der Waals surface area contributed by atoms with Gasteiger partial charge < -0.3 is 28.5 Å². The molecule has 0 saturated carbocycles.